The third kappa shape index (κ3) is 3.77. The Bertz CT molecular complexity index is 769. The van der Waals surface area contributed by atoms with Crippen molar-refractivity contribution in [1.29, 1.82) is 0 Å². The van der Waals surface area contributed by atoms with Gasteiger partial charge < -0.3 is 29.5 Å². The number of nitrogens with zero attached hydrogens (tertiary/aromatic N) is 1. The Morgan fingerprint density at radius 1 is 1.33 bits per heavy atom. The van der Waals surface area contributed by atoms with E-state index in [0.29, 0.717) is 31.9 Å². The second-order valence-electron chi connectivity index (χ2n) is 6.76. The molecule has 0 saturated carbocycles. The van der Waals surface area contributed by atoms with Crippen LogP contribution in [0, 0.1) is 0 Å². The van der Waals surface area contributed by atoms with Crippen molar-refractivity contribution in [2.75, 3.05) is 46.5 Å². The van der Waals surface area contributed by atoms with Crippen LogP contribution in [0.4, 0.5) is 0 Å². The molecule has 1 saturated heterocycles. The fourth-order valence-corrected chi connectivity index (χ4v) is 3.64. The van der Waals surface area contributed by atoms with Crippen molar-refractivity contribution in [3.05, 3.63) is 35.1 Å². The number of benzene rings is 1. The average Bonchev–Trinajstić information content (AvgIpc) is 2.92. The molecule has 3 N–H and O–H groups in total. The molecule has 1 aromatic carbocycles. The van der Waals surface area contributed by atoms with Gasteiger partial charge in [-0.2, -0.15) is 0 Å². The highest BCUT2D eigenvalue weighted by atomic mass is 16.5. The zero-order valence-corrected chi connectivity index (χ0v) is 15.5. The standard InChI is InChI=1S/C19H24N2O6/c1-12(22)16-17(13-3-4-14(23)15(11-13)26-2)21(19(25)18(16)24)6-5-20-7-9-27-10-8-20/h3-4,11,17,23-24H,5-10H2,1-2H3/p+1/t17-/m1/s1. The lowest BCUT2D eigenvalue weighted by molar-refractivity contribution is -0.907. The number of carbonyl (C=O) groups excluding carboxylic acids is 2. The molecule has 146 valence electrons. The van der Waals surface area contributed by atoms with Crippen LogP contribution < -0.4 is 9.64 Å². The topological polar surface area (TPSA) is 101 Å². The molecule has 3 rings (SSSR count). The van der Waals surface area contributed by atoms with Crippen molar-refractivity contribution in [1.82, 2.24) is 4.90 Å². The van der Waals surface area contributed by atoms with Crippen LogP contribution in [0.15, 0.2) is 29.5 Å². The van der Waals surface area contributed by atoms with E-state index in [2.05, 4.69) is 0 Å². The highest BCUT2D eigenvalue weighted by molar-refractivity contribution is 6.08. The van der Waals surface area contributed by atoms with Crippen molar-refractivity contribution in [3.8, 4) is 11.5 Å². The lowest BCUT2D eigenvalue weighted by atomic mass is 9.96. The lowest BCUT2D eigenvalue weighted by Crippen LogP contribution is -3.14. The van der Waals surface area contributed by atoms with E-state index in [1.165, 1.54) is 29.9 Å². The molecule has 1 aromatic rings. The van der Waals surface area contributed by atoms with Gasteiger partial charge in [-0.3, -0.25) is 9.59 Å². The summed E-state index contributed by atoms with van der Waals surface area (Å²) in [5.74, 6) is -1.21. The van der Waals surface area contributed by atoms with Crippen molar-refractivity contribution < 1.29 is 34.2 Å². The Labute approximate surface area is 157 Å². The van der Waals surface area contributed by atoms with Crippen molar-refractivity contribution in [2.45, 2.75) is 13.0 Å². The number of quaternary nitrogens is 1. The van der Waals surface area contributed by atoms with Crippen LogP contribution in [0.25, 0.3) is 0 Å². The number of phenols is 1. The van der Waals surface area contributed by atoms with E-state index in [1.54, 1.807) is 12.1 Å². The highest BCUT2D eigenvalue weighted by Crippen LogP contribution is 2.40. The summed E-state index contributed by atoms with van der Waals surface area (Å²) in [4.78, 5) is 27.6. The second-order valence-corrected chi connectivity index (χ2v) is 6.76. The number of ether oxygens (including phenoxy) is 2. The molecule has 1 amide bonds. The average molecular weight is 377 g/mol. The number of rotatable bonds is 6. The van der Waals surface area contributed by atoms with Crippen LogP contribution in [-0.4, -0.2) is 73.3 Å². The molecular weight excluding hydrogens is 352 g/mol. The van der Waals surface area contributed by atoms with Crippen LogP contribution >= 0.6 is 0 Å². The van der Waals surface area contributed by atoms with Crippen LogP contribution in [0.3, 0.4) is 0 Å². The number of hydrogen-bond donors (Lipinski definition) is 3. The second kappa shape index (κ2) is 7.98. The molecular formula is C19H25N2O6+. The van der Waals surface area contributed by atoms with E-state index in [0.717, 1.165) is 13.1 Å². The van der Waals surface area contributed by atoms with Gasteiger partial charge in [0.1, 0.15) is 13.1 Å². The van der Waals surface area contributed by atoms with Gasteiger partial charge in [0.05, 0.1) is 45.0 Å². The molecule has 0 aromatic heterocycles. The number of aromatic hydroxyl groups is 1. The number of aliphatic hydroxyl groups excluding tert-OH is 1. The Morgan fingerprint density at radius 2 is 2.04 bits per heavy atom. The van der Waals surface area contributed by atoms with Gasteiger partial charge in [-0.15, -0.1) is 0 Å². The Balaban J connectivity index is 1.91. The van der Waals surface area contributed by atoms with Crippen molar-refractivity contribution >= 4 is 11.7 Å². The number of Topliss-reactive ketones (excluding diaryl/α,β-unsaturated/α-hetero) is 1. The first-order valence-electron chi connectivity index (χ1n) is 8.97. The molecule has 8 nitrogen and oxygen atoms in total. The van der Waals surface area contributed by atoms with Gasteiger partial charge in [0.15, 0.2) is 23.0 Å². The number of aliphatic hydroxyl groups is 1. The zero-order chi connectivity index (χ0) is 19.6. The molecule has 0 unspecified atom stereocenters. The van der Waals surface area contributed by atoms with E-state index in [4.69, 9.17) is 9.47 Å². The molecule has 2 heterocycles. The van der Waals surface area contributed by atoms with E-state index in [-0.39, 0.29) is 22.9 Å². The van der Waals surface area contributed by atoms with E-state index < -0.39 is 17.7 Å². The number of hydrogen-bond acceptors (Lipinski definition) is 6. The summed E-state index contributed by atoms with van der Waals surface area (Å²) in [6.07, 6.45) is 0. The number of nitrogens with one attached hydrogen (secondary N) is 1. The first-order valence-corrected chi connectivity index (χ1v) is 8.97. The number of methoxy groups -OCH3 is 1. The minimum Gasteiger partial charge on any atom is -0.504 e. The molecule has 1 fully saturated rings. The van der Waals surface area contributed by atoms with Gasteiger partial charge in [-0.05, 0) is 24.6 Å². The Kier molecular flexibility index (Phi) is 5.67. The third-order valence-electron chi connectivity index (χ3n) is 5.11. The van der Waals surface area contributed by atoms with Crippen molar-refractivity contribution in [2.24, 2.45) is 0 Å². The number of ketones is 1. The summed E-state index contributed by atoms with van der Waals surface area (Å²) in [5.41, 5.74) is 0.675. The third-order valence-corrected chi connectivity index (χ3v) is 5.11. The molecule has 0 bridgehead atoms. The first-order chi connectivity index (χ1) is 12.9. The van der Waals surface area contributed by atoms with E-state index >= 15 is 0 Å². The van der Waals surface area contributed by atoms with Gasteiger partial charge in [-0.1, -0.05) is 6.07 Å². The maximum Gasteiger partial charge on any atom is 0.290 e. The monoisotopic (exact) mass is 377 g/mol. The molecule has 2 aliphatic rings. The maximum absolute atomic E-state index is 12.6. The summed E-state index contributed by atoms with van der Waals surface area (Å²) < 4.78 is 10.5. The van der Waals surface area contributed by atoms with E-state index in [1.807, 2.05) is 0 Å². The molecule has 1 atom stereocenters. The van der Waals surface area contributed by atoms with Crippen LogP contribution in [0.5, 0.6) is 11.5 Å². The smallest absolute Gasteiger partial charge is 0.290 e. The van der Waals surface area contributed by atoms with Gasteiger partial charge >= 0.3 is 0 Å². The molecule has 0 radical (unpaired) electrons. The molecule has 2 aliphatic heterocycles. The van der Waals surface area contributed by atoms with E-state index in [9.17, 15) is 19.8 Å². The van der Waals surface area contributed by atoms with Gasteiger partial charge in [0.2, 0.25) is 0 Å². The van der Waals surface area contributed by atoms with Gasteiger partial charge in [0.25, 0.3) is 5.91 Å². The maximum atomic E-state index is 12.6. The predicted octanol–water partition coefficient (Wildman–Crippen LogP) is -0.400. The molecule has 27 heavy (non-hydrogen) atoms. The summed E-state index contributed by atoms with van der Waals surface area (Å²) in [6.45, 7) is 5.51. The first kappa shape index (κ1) is 19.2. The quantitative estimate of drug-likeness (QED) is 0.624. The number of morpholine rings is 1. The minimum atomic E-state index is -0.704. The Morgan fingerprint density at radius 3 is 2.67 bits per heavy atom. The summed E-state index contributed by atoms with van der Waals surface area (Å²) in [7, 11) is 1.43. The van der Waals surface area contributed by atoms with Gasteiger partial charge in [0, 0.05) is 0 Å². The zero-order valence-electron chi connectivity index (χ0n) is 15.5. The summed E-state index contributed by atoms with van der Waals surface area (Å²) >= 11 is 0. The summed E-state index contributed by atoms with van der Waals surface area (Å²) in [6, 6.07) is 3.97. The fourth-order valence-electron chi connectivity index (χ4n) is 3.64. The SMILES string of the molecule is COc1cc([C@@H]2C(C(C)=O)=C(O)C(=O)N2CC[NH+]2CCOCC2)ccc1O. The van der Waals surface area contributed by atoms with Crippen LogP contribution in [0.2, 0.25) is 0 Å². The molecule has 8 heteroatoms. The van der Waals surface area contributed by atoms with Crippen LogP contribution in [-0.2, 0) is 14.3 Å². The van der Waals surface area contributed by atoms with Crippen molar-refractivity contribution in [3.63, 3.8) is 0 Å². The normalized spacial score (nSPS) is 21.0. The number of carbonyl (C=O) groups is 2. The molecule has 0 aliphatic carbocycles. The largest absolute Gasteiger partial charge is 0.504 e. The highest BCUT2D eigenvalue weighted by Gasteiger charge is 2.42. The number of phenolic OH excluding ortho intramolecular Hbond substituents is 1. The number of amides is 1. The predicted molar refractivity (Wildman–Crippen MR) is 95.8 cm³/mol. The Hall–Kier alpha value is -2.58. The lowest BCUT2D eigenvalue weighted by Gasteiger charge is -2.30. The summed E-state index contributed by atoms with van der Waals surface area (Å²) in [5, 5.41) is 20.2. The minimum absolute atomic E-state index is 0.0348. The van der Waals surface area contributed by atoms with Gasteiger partial charge in [-0.25, -0.2) is 0 Å². The molecule has 0 spiro atoms. The fraction of sp³-hybridized carbons (Fsp3) is 0.474. The van der Waals surface area contributed by atoms with Crippen LogP contribution in [0.1, 0.15) is 18.5 Å².